The average Bonchev–Trinajstić information content (AvgIpc) is 3.27. The van der Waals surface area contributed by atoms with Crippen LogP contribution < -0.4 is 10.2 Å². The molecule has 3 aromatic rings. The van der Waals surface area contributed by atoms with Gasteiger partial charge in [-0.2, -0.15) is 0 Å². The van der Waals surface area contributed by atoms with Gasteiger partial charge in [-0.05, 0) is 47.4 Å². The predicted octanol–water partition coefficient (Wildman–Crippen LogP) is 3.99. The Bertz CT molecular complexity index is 1320. The molecule has 0 aromatic heterocycles. The Balaban J connectivity index is 1.32. The topological polar surface area (TPSA) is 59.1 Å². The molecule has 0 aliphatic carbocycles. The van der Waals surface area contributed by atoms with Gasteiger partial charge in [-0.1, -0.05) is 60.1 Å². The number of urea groups is 1. The van der Waals surface area contributed by atoms with Crippen molar-refractivity contribution < 1.29 is 9.59 Å². The summed E-state index contributed by atoms with van der Waals surface area (Å²) in [6.07, 6.45) is 0.348. The largest absolute Gasteiger partial charge is 0.343 e. The summed E-state index contributed by atoms with van der Waals surface area (Å²) in [5.74, 6) is -0.148. The van der Waals surface area contributed by atoms with Gasteiger partial charge in [0.2, 0.25) is 0 Å². The van der Waals surface area contributed by atoms with E-state index in [0.29, 0.717) is 0 Å². The minimum atomic E-state index is -0.443. The molecule has 1 N–H and O–H groups in total. The van der Waals surface area contributed by atoms with Crippen LogP contribution in [0.2, 0.25) is 5.02 Å². The van der Waals surface area contributed by atoms with Crippen LogP contribution in [0.3, 0.4) is 0 Å². The van der Waals surface area contributed by atoms with Gasteiger partial charge in [0.1, 0.15) is 18.5 Å². The van der Waals surface area contributed by atoms with E-state index in [0.717, 1.165) is 52.1 Å². The summed E-state index contributed by atoms with van der Waals surface area (Å²) in [5.41, 5.74) is 3.01. The molecule has 3 saturated heterocycles. The molecule has 3 aliphatic rings. The van der Waals surface area contributed by atoms with Crippen LogP contribution in [0.1, 0.15) is 17.5 Å². The normalized spacial score (nSPS) is 24.8. The summed E-state index contributed by atoms with van der Waals surface area (Å²) >= 11 is 6.43. The van der Waals surface area contributed by atoms with E-state index in [-0.39, 0.29) is 30.9 Å². The van der Waals surface area contributed by atoms with Crippen LogP contribution in [-0.4, -0.2) is 65.3 Å². The molecule has 6 rings (SSSR count). The number of anilines is 1. The number of aryl methyl sites for hydroxylation is 1. The third-order valence-corrected chi connectivity index (χ3v) is 7.97. The first kappa shape index (κ1) is 22.3. The molecule has 0 radical (unpaired) electrons. The highest BCUT2D eigenvalue weighted by atomic mass is 35.5. The number of carbonyl (C=O) groups excluding carboxylic acids is 2. The number of benzene rings is 3. The molecule has 0 saturated carbocycles. The van der Waals surface area contributed by atoms with Crippen LogP contribution in [0, 0.1) is 6.92 Å². The zero-order chi connectivity index (χ0) is 24.3. The number of carbonyl (C=O) groups is 2. The number of hydrogen-bond acceptors (Lipinski definition) is 5. The van der Waals surface area contributed by atoms with Gasteiger partial charge in [0.25, 0.3) is 5.91 Å². The van der Waals surface area contributed by atoms with E-state index < -0.39 is 6.04 Å². The first-order valence-corrected chi connectivity index (χ1v) is 12.4. The van der Waals surface area contributed by atoms with Crippen LogP contribution in [0.5, 0.6) is 0 Å². The van der Waals surface area contributed by atoms with Gasteiger partial charge in [-0.15, -0.1) is 0 Å². The van der Waals surface area contributed by atoms with Crippen molar-refractivity contribution in [3.63, 3.8) is 0 Å². The van der Waals surface area contributed by atoms with Crippen molar-refractivity contribution in [2.24, 2.45) is 0 Å². The van der Waals surface area contributed by atoms with Crippen molar-refractivity contribution in [1.29, 1.82) is 0 Å². The number of rotatable bonds is 3. The first-order chi connectivity index (χ1) is 16.9. The standard InChI is InChI=1S/C27H28ClN5O2/c1-17-11-12-20(15-22(17)28)31-13-6-14-32-23-24(29-26(31)32)30(2)27(35)33(25(23)34)16-19-9-5-8-18-7-3-4-10-21(18)19/h3-5,7-12,15,23-24,26,29H,6,13-14,16H2,1-2H3. The van der Waals surface area contributed by atoms with Crippen LogP contribution in [0.4, 0.5) is 10.5 Å². The molecule has 3 amide bonds. The number of hydrogen-bond donors (Lipinski definition) is 1. The van der Waals surface area contributed by atoms with E-state index >= 15 is 0 Å². The lowest BCUT2D eigenvalue weighted by molar-refractivity contribution is -0.139. The van der Waals surface area contributed by atoms with Crippen LogP contribution in [0.25, 0.3) is 10.8 Å². The maximum Gasteiger partial charge on any atom is 0.328 e. The Hall–Kier alpha value is -3.13. The van der Waals surface area contributed by atoms with E-state index in [1.807, 2.05) is 61.5 Å². The number of halogens is 1. The Morgan fingerprint density at radius 1 is 1.03 bits per heavy atom. The first-order valence-electron chi connectivity index (χ1n) is 12.0. The van der Waals surface area contributed by atoms with Crippen LogP contribution >= 0.6 is 11.6 Å². The molecular weight excluding hydrogens is 462 g/mol. The van der Waals surface area contributed by atoms with E-state index in [1.165, 1.54) is 4.90 Å². The number of imide groups is 1. The molecule has 3 atom stereocenters. The molecule has 0 bridgehead atoms. The maximum absolute atomic E-state index is 13.9. The molecule has 0 spiro atoms. The number of nitrogens with one attached hydrogen (secondary N) is 1. The van der Waals surface area contributed by atoms with E-state index in [1.54, 1.807) is 11.9 Å². The van der Waals surface area contributed by atoms with E-state index in [2.05, 4.69) is 21.2 Å². The van der Waals surface area contributed by atoms with Gasteiger partial charge in [0.15, 0.2) is 0 Å². The monoisotopic (exact) mass is 489 g/mol. The molecule has 180 valence electrons. The SMILES string of the molecule is Cc1ccc(N2CCCN3C4C(=O)N(Cc5cccc6ccccc56)C(=O)N(C)C4NC23)cc1Cl. The fourth-order valence-corrected chi connectivity index (χ4v) is 5.86. The van der Waals surface area contributed by atoms with Gasteiger partial charge in [0.05, 0.1) is 6.54 Å². The summed E-state index contributed by atoms with van der Waals surface area (Å²) in [7, 11) is 1.78. The van der Waals surface area contributed by atoms with Crippen LogP contribution in [0.15, 0.2) is 60.7 Å². The molecular formula is C27H28ClN5O2. The molecule has 35 heavy (non-hydrogen) atoms. The fraction of sp³-hybridized carbons (Fsp3) is 0.333. The highest BCUT2D eigenvalue weighted by Gasteiger charge is 2.56. The van der Waals surface area contributed by atoms with Crippen molar-refractivity contribution in [2.45, 2.75) is 38.4 Å². The van der Waals surface area contributed by atoms with Gasteiger partial charge >= 0.3 is 6.03 Å². The minimum Gasteiger partial charge on any atom is -0.343 e. The Kier molecular flexibility index (Phi) is 5.44. The third kappa shape index (κ3) is 3.57. The zero-order valence-electron chi connectivity index (χ0n) is 19.8. The second-order valence-electron chi connectivity index (χ2n) is 9.60. The van der Waals surface area contributed by atoms with E-state index in [4.69, 9.17) is 11.6 Å². The second-order valence-corrected chi connectivity index (χ2v) is 10.0. The molecule has 8 heteroatoms. The maximum atomic E-state index is 13.9. The minimum absolute atomic E-state index is 0.148. The lowest BCUT2D eigenvalue weighted by Crippen LogP contribution is -2.66. The smallest absolute Gasteiger partial charge is 0.328 e. The van der Waals surface area contributed by atoms with Crippen molar-refractivity contribution in [3.05, 3.63) is 76.8 Å². The second kappa shape index (κ2) is 8.52. The van der Waals surface area contributed by atoms with E-state index in [9.17, 15) is 9.59 Å². The summed E-state index contributed by atoms with van der Waals surface area (Å²) in [6, 6.07) is 19.4. The van der Waals surface area contributed by atoms with Crippen molar-refractivity contribution in [1.82, 2.24) is 20.0 Å². The number of fused-ring (bicyclic) bond motifs is 4. The molecule has 3 fully saturated rings. The average molecular weight is 490 g/mol. The predicted molar refractivity (Wildman–Crippen MR) is 137 cm³/mol. The van der Waals surface area contributed by atoms with Crippen LogP contribution in [-0.2, 0) is 11.3 Å². The fourth-order valence-electron chi connectivity index (χ4n) is 5.69. The number of nitrogens with zero attached hydrogens (tertiary/aromatic N) is 4. The lowest BCUT2D eigenvalue weighted by Gasteiger charge is -2.44. The molecule has 3 aromatic carbocycles. The van der Waals surface area contributed by atoms with Gasteiger partial charge in [-0.25, -0.2) is 4.79 Å². The summed E-state index contributed by atoms with van der Waals surface area (Å²) in [5, 5.41) is 6.45. The lowest BCUT2D eigenvalue weighted by atomic mass is 10.0. The van der Waals surface area contributed by atoms with Gasteiger partial charge in [0, 0.05) is 30.8 Å². The quantitative estimate of drug-likeness (QED) is 0.603. The van der Waals surface area contributed by atoms with Crippen molar-refractivity contribution in [2.75, 3.05) is 25.0 Å². The molecule has 3 heterocycles. The highest BCUT2D eigenvalue weighted by molar-refractivity contribution is 6.31. The van der Waals surface area contributed by atoms with Gasteiger partial charge in [-0.3, -0.25) is 19.9 Å². The summed E-state index contributed by atoms with van der Waals surface area (Å²) in [4.78, 5) is 34.8. The molecule has 3 aliphatic heterocycles. The Morgan fingerprint density at radius 3 is 2.66 bits per heavy atom. The zero-order valence-corrected chi connectivity index (χ0v) is 20.6. The summed E-state index contributed by atoms with van der Waals surface area (Å²) in [6.45, 7) is 3.87. The van der Waals surface area contributed by atoms with Gasteiger partial charge < -0.3 is 9.80 Å². The highest BCUT2D eigenvalue weighted by Crippen LogP contribution is 2.35. The molecule has 7 nitrogen and oxygen atoms in total. The molecule has 3 unspecified atom stereocenters. The van der Waals surface area contributed by atoms with Crippen molar-refractivity contribution >= 4 is 40.0 Å². The third-order valence-electron chi connectivity index (χ3n) is 7.57. The van der Waals surface area contributed by atoms with Crippen molar-refractivity contribution in [3.8, 4) is 0 Å². The number of likely N-dealkylation sites (N-methyl/N-ethyl adjacent to an activating group) is 1. The summed E-state index contributed by atoms with van der Waals surface area (Å²) < 4.78 is 0. The number of amides is 3. The Labute approximate surface area is 209 Å². The Morgan fingerprint density at radius 2 is 1.83 bits per heavy atom.